The number of hydrogen-bond acceptors (Lipinski definition) is 4. The van der Waals surface area contributed by atoms with Crippen LogP contribution in [0.25, 0.3) is 0 Å². The van der Waals surface area contributed by atoms with Crippen LogP contribution in [0.1, 0.15) is 10.5 Å². The molecule has 0 saturated carbocycles. The highest BCUT2D eigenvalue weighted by atomic mass is 35.5. The predicted octanol–water partition coefficient (Wildman–Crippen LogP) is 1.25. The molecule has 1 heterocycles. The second-order valence-electron chi connectivity index (χ2n) is 4.44. The molecule has 1 amide bonds. The van der Waals surface area contributed by atoms with Crippen molar-refractivity contribution < 1.29 is 9.53 Å². The summed E-state index contributed by atoms with van der Waals surface area (Å²) in [5, 5.41) is 6.94. The van der Waals surface area contributed by atoms with E-state index in [0.29, 0.717) is 10.8 Å². The van der Waals surface area contributed by atoms with E-state index in [1.165, 1.54) is 19.2 Å². The van der Waals surface area contributed by atoms with Gasteiger partial charge in [-0.15, -0.1) is 0 Å². The van der Waals surface area contributed by atoms with Crippen molar-refractivity contribution in [2.75, 3.05) is 13.2 Å². The SMILES string of the molecule is Cn1nc(C(=O)NCC#CCOc2ccccc2Cl)ccc1=O. The number of nitrogens with zero attached hydrogens (tertiary/aromatic N) is 2. The lowest BCUT2D eigenvalue weighted by atomic mass is 10.3. The van der Waals surface area contributed by atoms with Gasteiger partial charge in [0, 0.05) is 13.1 Å². The molecule has 1 aromatic carbocycles. The molecule has 0 unspecified atom stereocenters. The van der Waals surface area contributed by atoms with Crippen molar-refractivity contribution >= 4 is 17.5 Å². The molecule has 0 bridgehead atoms. The van der Waals surface area contributed by atoms with Gasteiger partial charge in [-0.1, -0.05) is 35.6 Å². The molecule has 2 rings (SSSR count). The quantitative estimate of drug-likeness (QED) is 0.856. The first kappa shape index (κ1) is 16.6. The molecule has 2 aromatic rings. The summed E-state index contributed by atoms with van der Waals surface area (Å²) in [7, 11) is 1.48. The Bertz CT molecular complexity index is 821. The average Bonchev–Trinajstić information content (AvgIpc) is 2.54. The van der Waals surface area contributed by atoms with Crippen molar-refractivity contribution in [2.24, 2.45) is 7.05 Å². The Kier molecular flexibility index (Phi) is 5.78. The van der Waals surface area contributed by atoms with Crippen LogP contribution in [0, 0.1) is 11.8 Å². The first-order chi connectivity index (χ1) is 11.1. The molecule has 6 nitrogen and oxygen atoms in total. The van der Waals surface area contributed by atoms with E-state index in [0.717, 1.165) is 4.68 Å². The second-order valence-corrected chi connectivity index (χ2v) is 4.84. The molecule has 118 valence electrons. The summed E-state index contributed by atoms with van der Waals surface area (Å²) >= 11 is 5.94. The van der Waals surface area contributed by atoms with Crippen LogP contribution >= 0.6 is 11.6 Å². The highest BCUT2D eigenvalue weighted by Gasteiger charge is 2.06. The summed E-state index contributed by atoms with van der Waals surface area (Å²) in [5.41, 5.74) is -0.126. The summed E-state index contributed by atoms with van der Waals surface area (Å²) < 4.78 is 6.48. The monoisotopic (exact) mass is 331 g/mol. The van der Waals surface area contributed by atoms with Crippen molar-refractivity contribution in [3.63, 3.8) is 0 Å². The lowest BCUT2D eigenvalue weighted by Gasteiger charge is -2.03. The largest absolute Gasteiger partial charge is 0.479 e. The molecular formula is C16H14ClN3O3. The number of carbonyl (C=O) groups is 1. The topological polar surface area (TPSA) is 73.2 Å². The highest BCUT2D eigenvalue weighted by molar-refractivity contribution is 6.32. The molecule has 1 aromatic heterocycles. The summed E-state index contributed by atoms with van der Waals surface area (Å²) in [6.07, 6.45) is 0. The second kappa shape index (κ2) is 8.01. The zero-order chi connectivity index (χ0) is 16.7. The summed E-state index contributed by atoms with van der Waals surface area (Å²) in [6, 6.07) is 9.75. The maximum atomic E-state index is 11.8. The van der Waals surface area contributed by atoms with Crippen LogP contribution in [0.5, 0.6) is 5.75 Å². The molecule has 1 N–H and O–H groups in total. The predicted molar refractivity (Wildman–Crippen MR) is 86.5 cm³/mol. The molecule has 0 radical (unpaired) electrons. The van der Waals surface area contributed by atoms with Gasteiger partial charge in [0.05, 0.1) is 11.6 Å². The highest BCUT2D eigenvalue weighted by Crippen LogP contribution is 2.22. The van der Waals surface area contributed by atoms with E-state index in [-0.39, 0.29) is 24.4 Å². The van der Waals surface area contributed by atoms with Gasteiger partial charge in [-0.3, -0.25) is 9.59 Å². The van der Waals surface area contributed by atoms with Gasteiger partial charge in [-0.2, -0.15) is 5.10 Å². The van der Waals surface area contributed by atoms with E-state index in [9.17, 15) is 9.59 Å². The number of halogens is 1. The van der Waals surface area contributed by atoms with Gasteiger partial charge in [0.25, 0.3) is 11.5 Å². The van der Waals surface area contributed by atoms with Crippen molar-refractivity contribution in [1.82, 2.24) is 15.1 Å². The number of hydrogen-bond donors (Lipinski definition) is 1. The van der Waals surface area contributed by atoms with Crippen molar-refractivity contribution in [3.05, 3.63) is 57.5 Å². The zero-order valence-electron chi connectivity index (χ0n) is 12.4. The molecule has 0 atom stereocenters. The molecule has 0 spiro atoms. The summed E-state index contributed by atoms with van der Waals surface area (Å²) in [6.45, 7) is 0.312. The van der Waals surface area contributed by atoms with E-state index in [1.807, 2.05) is 12.1 Å². The number of nitrogens with one attached hydrogen (secondary N) is 1. The van der Waals surface area contributed by atoms with Crippen LogP contribution in [0.15, 0.2) is 41.2 Å². The lowest BCUT2D eigenvalue weighted by molar-refractivity contribution is 0.0951. The van der Waals surface area contributed by atoms with Gasteiger partial charge in [0.2, 0.25) is 0 Å². The molecule has 0 aliphatic heterocycles. The first-order valence-corrected chi connectivity index (χ1v) is 7.11. The Morgan fingerprint density at radius 3 is 2.83 bits per heavy atom. The smallest absolute Gasteiger partial charge is 0.272 e. The fraction of sp³-hybridized carbons (Fsp3) is 0.188. The lowest BCUT2D eigenvalue weighted by Crippen LogP contribution is -2.28. The van der Waals surface area contributed by atoms with Crippen LogP contribution in [0.3, 0.4) is 0 Å². The molecule has 0 aliphatic rings. The van der Waals surface area contributed by atoms with Gasteiger partial charge in [0.15, 0.2) is 0 Å². The fourth-order valence-corrected chi connectivity index (χ4v) is 1.82. The average molecular weight is 332 g/mol. The van der Waals surface area contributed by atoms with Crippen LogP contribution in [-0.2, 0) is 7.05 Å². The van der Waals surface area contributed by atoms with Gasteiger partial charge in [0.1, 0.15) is 18.1 Å². The van der Waals surface area contributed by atoms with Gasteiger partial charge >= 0.3 is 0 Å². The van der Waals surface area contributed by atoms with Gasteiger partial charge in [-0.25, -0.2) is 4.68 Å². The first-order valence-electron chi connectivity index (χ1n) is 6.73. The molecule has 23 heavy (non-hydrogen) atoms. The normalized spacial score (nSPS) is 9.65. The number of para-hydroxylation sites is 1. The van der Waals surface area contributed by atoms with Crippen molar-refractivity contribution in [1.29, 1.82) is 0 Å². The number of aryl methyl sites for hydroxylation is 1. The number of carbonyl (C=O) groups excluding carboxylic acids is 1. The standard InChI is InChI=1S/C16H14ClN3O3/c1-20-15(21)9-8-13(19-20)16(22)18-10-4-5-11-23-14-7-3-2-6-12(14)17/h2-3,6-9H,10-11H2,1H3,(H,18,22). The van der Waals surface area contributed by atoms with Crippen LogP contribution in [0.4, 0.5) is 0 Å². The number of amides is 1. The maximum Gasteiger partial charge on any atom is 0.272 e. The summed E-state index contributed by atoms with van der Waals surface area (Å²) in [4.78, 5) is 23.0. The Labute approximate surface area is 138 Å². The summed E-state index contributed by atoms with van der Waals surface area (Å²) in [5.74, 6) is 5.68. The van der Waals surface area contributed by atoms with Crippen LogP contribution in [-0.4, -0.2) is 28.8 Å². The number of aromatic nitrogens is 2. The molecule has 0 aliphatic carbocycles. The van der Waals surface area contributed by atoms with E-state index in [2.05, 4.69) is 22.3 Å². The Hall–Kier alpha value is -2.78. The van der Waals surface area contributed by atoms with Gasteiger partial charge < -0.3 is 10.1 Å². The van der Waals surface area contributed by atoms with E-state index < -0.39 is 5.91 Å². The minimum atomic E-state index is -0.401. The molecule has 7 heteroatoms. The number of ether oxygens (including phenoxy) is 1. The van der Waals surface area contributed by atoms with E-state index in [4.69, 9.17) is 16.3 Å². The molecular weight excluding hydrogens is 318 g/mol. The Morgan fingerprint density at radius 1 is 1.30 bits per heavy atom. The van der Waals surface area contributed by atoms with Gasteiger partial charge in [-0.05, 0) is 18.2 Å². The third-order valence-electron chi connectivity index (χ3n) is 2.79. The Balaban J connectivity index is 1.79. The minimum absolute atomic E-state index is 0.148. The Morgan fingerprint density at radius 2 is 2.09 bits per heavy atom. The third-order valence-corrected chi connectivity index (χ3v) is 3.10. The van der Waals surface area contributed by atoms with Crippen molar-refractivity contribution in [3.8, 4) is 17.6 Å². The zero-order valence-corrected chi connectivity index (χ0v) is 13.1. The van der Waals surface area contributed by atoms with Crippen LogP contribution in [0.2, 0.25) is 5.02 Å². The number of benzene rings is 1. The van der Waals surface area contributed by atoms with E-state index in [1.54, 1.807) is 12.1 Å². The molecule has 0 saturated heterocycles. The van der Waals surface area contributed by atoms with Crippen LogP contribution < -0.4 is 15.6 Å². The van der Waals surface area contributed by atoms with E-state index >= 15 is 0 Å². The molecule has 0 fully saturated rings. The minimum Gasteiger partial charge on any atom is -0.479 e. The fourth-order valence-electron chi connectivity index (χ4n) is 1.63. The van der Waals surface area contributed by atoms with Crippen molar-refractivity contribution in [2.45, 2.75) is 0 Å². The number of rotatable bonds is 4. The maximum absolute atomic E-state index is 11.8. The third kappa shape index (κ3) is 4.87.